The predicted octanol–water partition coefficient (Wildman–Crippen LogP) is 3.30. The van der Waals surface area contributed by atoms with Crippen LogP contribution in [0.1, 0.15) is 62.5 Å². The first-order valence-electron chi connectivity index (χ1n) is 8.33. The number of likely N-dealkylation sites (tertiary alicyclic amines) is 1. The molecule has 1 saturated carbocycles. The first-order valence-corrected chi connectivity index (χ1v) is 8.33. The highest BCUT2D eigenvalue weighted by Crippen LogP contribution is 2.37. The maximum Gasteiger partial charge on any atom is 0.270 e. The Morgan fingerprint density at radius 3 is 2.67 bits per heavy atom. The van der Waals surface area contributed by atoms with Crippen molar-refractivity contribution in [3.63, 3.8) is 0 Å². The molecule has 3 rings (SSSR count). The monoisotopic (exact) mass is 289 g/mol. The van der Waals surface area contributed by atoms with E-state index in [1.54, 1.807) is 0 Å². The van der Waals surface area contributed by atoms with Gasteiger partial charge in [-0.3, -0.25) is 4.79 Å². The third-order valence-corrected chi connectivity index (χ3v) is 5.03. The Kier molecular flexibility index (Phi) is 3.96. The van der Waals surface area contributed by atoms with Crippen molar-refractivity contribution in [2.24, 2.45) is 11.8 Å². The van der Waals surface area contributed by atoms with E-state index in [2.05, 4.69) is 18.4 Å². The molecule has 4 nitrogen and oxygen atoms in total. The van der Waals surface area contributed by atoms with Crippen molar-refractivity contribution in [3.05, 3.63) is 18.0 Å². The number of nitrogens with two attached hydrogens (primary N) is 1. The molecule has 4 heteroatoms. The van der Waals surface area contributed by atoms with Crippen molar-refractivity contribution in [1.82, 2.24) is 9.47 Å². The molecule has 1 aromatic heterocycles. The molecule has 0 bridgehead atoms. The predicted molar refractivity (Wildman–Crippen MR) is 85.2 cm³/mol. The number of amides is 1. The number of nitrogens with zero attached hydrogens (tertiary/aromatic N) is 2. The zero-order valence-corrected chi connectivity index (χ0v) is 13.2. The number of nitrogen functional groups attached to an aromatic ring is 1. The van der Waals surface area contributed by atoms with E-state index in [9.17, 15) is 4.79 Å². The zero-order chi connectivity index (χ0) is 15.0. The third kappa shape index (κ3) is 3.09. The van der Waals surface area contributed by atoms with Gasteiger partial charge in [-0.15, -0.1) is 0 Å². The fourth-order valence-electron chi connectivity index (χ4n) is 3.48. The summed E-state index contributed by atoms with van der Waals surface area (Å²) in [6.45, 7) is 6.36. The maximum absolute atomic E-state index is 12.8. The quantitative estimate of drug-likeness (QED) is 0.928. The Hall–Kier alpha value is -1.45. The van der Waals surface area contributed by atoms with Crippen molar-refractivity contribution in [1.29, 1.82) is 0 Å². The van der Waals surface area contributed by atoms with Crippen molar-refractivity contribution in [2.75, 3.05) is 18.8 Å². The van der Waals surface area contributed by atoms with E-state index in [1.807, 2.05) is 17.2 Å². The highest BCUT2D eigenvalue weighted by atomic mass is 16.2. The largest absolute Gasteiger partial charge is 0.397 e. The van der Waals surface area contributed by atoms with Gasteiger partial charge >= 0.3 is 0 Å². The molecule has 116 valence electrons. The van der Waals surface area contributed by atoms with E-state index in [1.165, 1.54) is 19.3 Å². The standard InChI is InChI=1S/C17H27N3O/c1-12(2)13-4-3-8-19(9-7-13)17(21)16-10-14(18)11-20(16)15-5-6-15/h10-13,15H,3-9,18H2,1-2H3. The second kappa shape index (κ2) is 5.74. The van der Waals surface area contributed by atoms with Gasteiger partial charge in [-0.2, -0.15) is 0 Å². The van der Waals surface area contributed by atoms with E-state index in [0.717, 1.165) is 37.5 Å². The van der Waals surface area contributed by atoms with Gasteiger partial charge in [-0.25, -0.2) is 0 Å². The lowest BCUT2D eigenvalue weighted by molar-refractivity contribution is 0.0747. The average molecular weight is 289 g/mol. The molecular weight excluding hydrogens is 262 g/mol. The van der Waals surface area contributed by atoms with Gasteiger partial charge in [0, 0.05) is 25.3 Å². The fourth-order valence-corrected chi connectivity index (χ4v) is 3.48. The lowest BCUT2D eigenvalue weighted by atomic mass is 9.89. The highest BCUT2D eigenvalue weighted by Gasteiger charge is 2.30. The number of carbonyl (C=O) groups is 1. The van der Waals surface area contributed by atoms with Crippen LogP contribution in [-0.4, -0.2) is 28.5 Å². The van der Waals surface area contributed by atoms with E-state index < -0.39 is 0 Å². The summed E-state index contributed by atoms with van der Waals surface area (Å²) < 4.78 is 2.10. The van der Waals surface area contributed by atoms with Gasteiger partial charge in [-0.05, 0) is 50.0 Å². The fraction of sp³-hybridized carbons (Fsp3) is 0.706. The van der Waals surface area contributed by atoms with Gasteiger partial charge < -0.3 is 15.2 Å². The molecule has 21 heavy (non-hydrogen) atoms. The smallest absolute Gasteiger partial charge is 0.270 e. The first kappa shape index (κ1) is 14.5. The molecule has 2 fully saturated rings. The number of aromatic nitrogens is 1. The summed E-state index contributed by atoms with van der Waals surface area (Å²) in [6, 6.07) is 2.35. The van der Waals surface area contributed by atoms with Crippen LogP contribution in [0, 0.1) is 11.8 Å². The molecule has 2 aliphatic rings. The van der Waals surface area contributed by atoms with E-state index >= 15 is 0 Å². The van der Waals surface area contributed by atoms with Crippen LogP contribution in [0.4, 0.5) is 5.69 Å². The van der Waals surface area contributed by atoms with E-state index in [4.69, 9.17) is 5.73 Å². The van der Waals surface area contributed by atoms with Crippen LogP contribution in [0.25, 0.3) is 0 Å². The lowest BCUT2D eigenvalue weighted by Crippen LogP contribution is -2.33. The normalized spacial score (nSPS) is 23.4. The minimum atomic E-state index is 0.169. The second-order valence-corrected chi connectivity index (χ2v) is 7.02. The SMILES string of the molecule is CC(C)C1CCCN(C(=O)c2cc(N)cn2C2CC2)CC1. The van der Waals surface area contributed by atoms with Crippen LogP contribution < -0.4 is 5.73 Å². The molecular formula is C17H27N3O. The van der Waals surface area contributed by atoms with Gasteiger partial charge in [0.25, 0.3) is 5.91 Å². The molecule has 0 radical (unpaired) electrons. The minimum Gasteiger partial charge on any atom is -0.397 e. The maximum atomic E-state index is 12.8. The Bertz CT molecular complexity index is 516. The Morgan fingerprint density at radius 1 is 1.24 bits per heavy atom. The average Bonchev–Trinajstić information content (AvgIpc) is 3.24. The molecule has 2 N–H and O–H groups in total. The van der Waals surface area contributed by atoms with Crippen molar-refractivity contribution < 1.29 is 4.79 Å². The zero-order valence-electron chi connectivity index (χ0n) is 13.2. The molecule has 1 unspecified atom stereocenters. The molecule has 0 aromatic carbocycles. The lowest BCUT2D eigenvalue weighted by Gasteiger charge is -2.22. The minimum absolute atomic E-state index is 0.169. The molecule has 1 aliphatic carbocycles. The number of hydrogen-bond acceptors (Lipinski definition) is 2. The van der Waals surface area contributed by atoms with Crippen LogP contribution in [0.15, 0.2) is 12.3 Å². The number of anilines is 1. The van der Waals surface area contributed by atoms with Gasteiger partial charge in [0.1, 0.15) is 5.69 Å². The van der Waals surface area contributed by atoms with Gasteiger partial charge in [0.15, 0.2) is 0 Å². The van der Waals surface area contributed by atoms with E-state index in [0.29, 0.717) is 17.6 Å². The Balaban J connectivity index is 1.73. The van der Waals surface area contributed by atoms with Crippen LogP contribution in [-0.2, 0) is 0 Å². The summed E-state index contributed by atoms with van der Waals surface area (Å²) in [4.78, 5) is 14.9. The van der Waals surface area contributed by atoms with Crippen molar-refractivity contribution in [3.8, 4) is 0 Å². The van der Waals surface area contributed by atoms with Crippen LogP contribution >= 0.6 is 0 Å². The summed E-state index contributed by atoms with van der Waals surface area (Å²) >= 11 is 0. The molecule has 0 spiro atoms. The molecule has 1 aliphatic heterocycles. The highest BCUT2D eigenvalue weighted by molar-refractivity contribution is 5.94. The summed E-state index contributed by atoms with van der Waals surface area (Å²) in [6.07, 6.45) is 7.76. The molecule has 1 saturated heterocycles. The van der Waals surface area contributed by atoms with Gasteiger partial charge in [-0.1, -0.05) is 13.8 Å². The van der Waals surface area contributed by atoms with Crippen molar-refractivity contribution >= 4 is 11.6 Å². The number of carbonyl (C=O) groups excluding carboxylic acids is 1. The summed E-state index contributed by atoms with van der Waals surface area (Å²) in [5, 5.41) is 0. The van der Waals surface area contributed by atoms with Crippen molar-refractivity contribution in [2.45, 2.75) is 52.0 Å². The Labute approximate surface area is 127 Å². The van der Waals surface area contributed by atoms with E-state index in [-0.39, 0.29) is 5.91 Å². The molecule has 1 amide bonds. The molecule has 2 heterocycles. The van der Waals surface area contributed by atoms with Gasteiger partial charge in [0.2, 0.25) is 0 Å². The molecule has 1 aromatic rings. The summed E-state index contributed by atoms with van der Waals surface area (Å²) in [5.41, 5.74) is 7.41. The Morgan fingerprint density at radius 2 is 2.00 bits per heavy atom. The third-order valence-electron chi connectivity index (χ3n) is 5.03. The number of rotatable bonds is 3. The molecule has 1 atom stereocenters. The van der Waals surface area contributed by atoms with Crippen LogP contribution in [0.2, 0.25) is 0 Å². The first-order chi connectivity index (χ1) is 10.1. The number of hydrogen-bond donors (Lipinski definition) is 1. The van der Waals surface area contributed by atoms with Crippen LogP contribution in [0.5, 0.6) is 0 Å². The topological polar surface area (TPSA) is 51.3 Å². The van der Waals surface area contributed by atoms with Crippen LogP contribution in [0.3, 0.4) is 0 Å². The summed E-state index contributed by atoms with van der Waals surface area (Å²) in [5.74, 6) is 1.64. The second-order valence-electron chi connectivity index (χ2n) is 7.02. The van der Waals surface area contributed by atoms with Gasteiger partial charge in [0.05, 0.1) is 5.69 Å². The summed E-state index contributed by atoms with van der Waals surface area (Å²) in [7, 11) is 0.